The molecule has 0 aromatic heterocycles. The molecule has 15 heavy (non-hydrogen) atoms. The fraction of sp³-hybridized carbons (Fsp3) is 0.600. The number of carboxylic acid groups (broad SMARTS) is 2. The molecule has 1 N–H and O–H groups in total. The normalized spacial score (nSPS) is 11.2. The van der Waals surface area contributed by atoms with Crippen molar-refractivity contribution in [2.75, 3.05) is 0 Å². The molecule has 0 saturated heterocycles. The zero-order valence-electron chi connectivity index (χ0n) is 9.07. The molecular weight excluding hydrogens is 223 g/mol. The smallest absolute Gasteiger partial charge is 0.550 e. The Labute approximate surface area is 132 Å². The summed E-state index contributed by atoms with van der Waals surface area (Å²) in [5.41, 5.74) is 0. The van der Waals surface area contributed by atoms with E-state index in [4.69, 9.17) is 5.11 Å². The molecule has 0 amide bonds. The minimum atomic E-state index is -1.30. The quantitative estimate of drug-likeness (QED) is 0.290. The number of allylic oxidation sites excluding steroid dienone is 1. The van der Waals surface area contributed by atoms with Gasteiger partial charge in [0.05, 0.1) is 5.92 Å². The van der Waals surface area contributed by atoms with Gasteiger partial charge in [-0.25, -0.2) is 0 Å². The van der Waals surface area contributed by atoms with Crippen LogP contribution in [0.1, 0.15) is 32.1 Å². The molecule has 0 saturated carbocycles. The zero-order chi connectivity index (χ0) is 11.0. The largest absolute Gasteiger partial charge is 1.00 e. The fourth-order valence-corrected chi connectivity index (χ4v) is 1.19. The van der Waals surface area contributed by atoms with Gasteiger partial charge < -0.3 is 15.0 Å². The molecule has 5 heteroatoms. The third-order valence-electron chi connectivity index (χ3n) is 1.97. The van der Waals surface area contributed by atoms with Crippen LogP contribution in [0.2, 0.25) is 0 Å². The van der Waals surface area contributed by atoms with E-state index < -0.39 is 24.3 Å². The fourth-order valence-electron chi connectivity index (χ4n) is 1.19. The van der Waals surface area contributed by atoms with Crippen LogP contribution in [0.25, 0.3) is 0 Å². The van der Waals surface area contributed by atoms with Crippen molar-refractivity contribution in [2.24, 2.45) is 5.92 Å². The van der Waals surface area contributed by atoms with E-state index in [-0.39, 0.29) is 51.4 Å². The van der Waals surface area contributed by atoms with Crippen LogP contribution in [-0.2, 0) is 9.59 Å². The average molecular weight is 238 g/mol. The van der Waals surface area contributed by atoms with Crippen LogP contribution < -0.4 is 56.5 Å². The molecule has 0 heterocycles. The number of unbranched alkanes of at least 4 members (excludes halogenated alkanes) is 2. The number of carboxylic acids is 2. The van der Waals surface area contributed by atoms with Gasteiger partial charge in [-0.05, 0) is 19.3 Å². The second-order valence-corrected chi connectivity index (χ2v) is 3.18. The molecular formula is C10H15KO4. The maximum atomic E-state index is 10.6. The topological polar surface area (TPSA) is 77.4 Å². The van der Waals surface area contributed by atoms with E-state index in [9.17, 15) is 14.7 Å². The Bertz CT molecular complexity index is 215. The van der Waals surface area contributed by atoms with Crippen LogP contribution in [0.5, 0.6) is 0 Å². The van der Waals surface area contributed by atoms with Crippen molar-refractivity contribution in [3.8, 4) is 0 Å². The van der Waals surface area contributed by atoms with Crippen molar-refractivity contribution in [3.63, 3.8) is 0 Å². The van der Waals surface area contributed by atoms with Crippen LogP contribution in [0.4, 0.5) is 0 Å². The van der Waals surface area contributed by atoms with E-state index in [0.717, 1.165) is 12.8 Å². The van der Waals surface area contributed by atoms with E-state index in [1.807, 2.05) is 0 Å². The summed E-state index contributed by atoms with van der Waals surface area (Å²) in [5, 5.41) is 18.9. The standard InChI is InChI=1S/C10H16O4.K/c1-2-3-4-5-6-8(10(13)14)7-9(11)12;/h2,8H,1,3-7H2,(H,11,12)(H,13,14);/q;+1/p-1. The summed E-state index contributed by atoms with van der Waals surface area (Å²) in [4.78, 5) is 20.8. The SMILES string of the molecule is C=CCCCCC(CC(=O)[O-])C(=O)O.[K+]. The maximum absolute atomic E-state index is 10.6. The van der Waals surface area contributed by atoms with E-state index >= 15 is 0 Å². The van der Waals surface area contributed by atoms with Crippen LogP contribution in [-0.4, -0.2) is 17.0 Å². The van der Waals surface area contributed by atoms with Gasteiger partial charge in [0.2, 0.25) is 0 Å². The van der Waals surface area contributed by atoms with Gasteiger partial charge in [-0.2, -0.15) is 0 Å². The summed E-state index contributed by atoms with van der Waals surface area (Å²) in [6.07, 6.45) is 4.13. The van der Waals surface area contributed by atoms with Gasteiger partial charge in [-0.15, -0.1) is 6.58 Å². The van der Waals surface area contributed by atoms with Gasteiger partial charge in [0.15, 0.2) is 0 Å². The molecule has 0 aromatic rings. The molecule has 0 aromatic carbocycles. The molecule has 0 spiro atoms. The molecule has 0 aliphatic heterocycles. The van der Waals surface area contributed by atoms with Gasteiger partial charge in [-0.1, -0.05) is 12.5 Å². The number of aliphatic carboxylic acids is 2. The number of carbonyl (C=O) groups is 2. The third-order valence-corrected chi connectivity index (χ3v) is 1.97. The predicted molar refractivity (Wildman–Crippen MR) is 49.4 cm³/mol. The van der Waals surface area contributed by atoms with E-state index in [1.165, 1.54) is 0 Å². The number of hydrogen-bond acceptors (Lipinski definition) is 3. The van der Waals surface area contributed by atoms with Crippen molar-refractivity contribution in [3.05, 3.63) is 12.7 Å². The molecule has 0 rings (SSSR count). The molecule has 80 valence electrons. The van der Waals surface area contributed by atoms with Crippen molar-refractivity contribution in [1.82, 2.24) is 0 Å². The van der Waals surface area contributed by atoms with E-state index in [0.29, 0.717) is 12.8 Å². The maximum Gasteiger partial charge on any atom is 1.00 e. The number of rotatable bonds is 8. The summed E-state index contributed by atoms with van der Waals surface area (Å²) < 4.78 is 0. The summed E-state index contributed by atoms with van der Waals surface area (Å²) in [5.74, 6) is -3.18. The summed E-state index contributed by atoms with van der Waals surface area (Å²) in [6.45, 7) is 3.54. The first-order valence-electron chi connectivity index (χ1n) is 4.61. The Kier molecular flexibility index (Phi) is 12.8. The van der Waals surface area contributed by atoms with Crippen LogP contribution in [0, 0.1) is 5.92 Å². The van der Waals surface area contributed by atoms with E-state index in [1.54, 1.807) is 6.08 Å². The number of hydrogen-bond donors (Lipinski definition) is 1. The Morgan fingerprint density at radius 2 is 2.00 bits per heavy atom. The van der Waals surface area contributed by atoms with Gasteiger partial charge in [0.25, 0.3) is 0 Å². The first-order chi connectivity index (χ1) is 6.57. The monoisotopic (exact) mass is 238 g/mol. The van der Waals surface area contributed by atoms with Crippen molar-refractivity contribution in [1.29, 1.82) is 0 Å². The van der Waals surface area contributed by atoms with E-state index in [2.05, 4.69) is 6.58 Å². The molecule has 4 nitrogen and oxygen atoms in total. The van der Waals surface area contributed by atoms with Gasteiger partial charge in [0, 0.05) is 12.4 Å². The third kappa shape index (κ3) is 10.6. The molecule has 0 bridgehead atoms. The molecule has 1 atom stereocenters. The summed E-state index contributed by atoms with van der Waals surface area (Å²) >= 11 is 0. The summed E-state index contributed by atoms with van der Waals surface area (Å²) in [6, 6.07) is 0. The first kappa shape index (κ1) is 17.7. The molecule has 0 aliphatic rings. The minimum Gasteiger partial charge on any atom is -0.550 e. The molecule has 1 unspecified atom stereocenters. The van der Waals surface area contributed by atoms with Gasteiger partial charge in [-0.3, -0.25) is 4.79 Å². The Morgan fingerprint density at radius 3 is 2.40 bits per heavy atom. The van der Waals surface area contributed by atoms with Crippen molar-refractivity contribution < 1.29 is 71.2 Å². The molecule has 0 radical (unpaired) electrons. The zero-order valence-corrected chi connectivity index (χ0v) is 12.2. The van der Waals surface area contributed by atoms with Crippen LogP contribution >= 0.6 is 0 Å². The second kappa shape index (κ2) is 10.8. The van der Waals surface area contributed by atoms with Gasteiger partial charge >= 0.3 is 57.4 Å². The molecule has 0 fully saturated rings. The Morgan fingerprint density at radius 1 is 1.40 bits per heavy atom. The van der Waals surface area contributed by atoms with Crippen molar-refractivity contribution >= 4 is 11.9 Å². The summed E-state index contributed by atoms with van der Waals surface area (Å²) in [7, 11) is 0. The first-order valence-corrected chi connectivity index (χ1v) is 4.61. The van der Waals surface area contributed by atoms with Crippen molar-refractivity contribution in [2.45, 2.75) is 32.1 Å². The molecule has 0 aliphatic carbocycles. The minimum absolute atomic E-state index is 0. The average Bonchev–Trinajstić information content (AvgIpc) is 2.09. The predicted octanol–water partition coefficient (Wildman–Crippen LogP) is -2.42. The Hall–Kier alpha value is 0.316. The van der Waals surface area contributed by atoms with Crippen LogP contribution in [0.15, 0.2) is 12.7 Å². The number of carbonyl (C=O) groups excluding carboxylic acids is 1. The van der Waals surface area contributed by atoms with Crippen LogP contribution in [0.3, 0.4) is 0 Å². The van der Waals surface area contributed by atoms with Gasteiger partial charge in [0.1, 0.15) is 0 Å². The Balaban J connectivity index is 0. The second-order valence-electron chi connectivity index (χ2n) is 3.18.